The first-order valence-electron chi connectivity index (χ1n) is 9.63. The second-order valence-electron chi connectivity index (χ2n) is 7.17. The van der Waals surface area contributed by atoms with Crippen LogP contribution >= 0.6 is 35.7 Å². The average Bonchev–Trinajstić information content (AvgIpc) is 3.16. The Morgan fingerprint density at radius 2 is 2.07 bits per heavy atom. The van der Waals surface area contributed by atoms with Crippen LogP contribution in [-0.4, -0.2) is 81.2 Å². The first kappa shape index (κ1) is 26.0. The number of rotatable bonds is 10. The molecule has 0 bridgehead atoms. The van der Waals surface area contributed by atoms with Crippen molar-refractivity contribution < 1.29 is 14.6 Å². The number of nitrogens with one attached hydrogen (secondary N) is 2. The Bertz CT molecular complexity index is 625. The highest BCUT2D eigenvalue weighted by atomic mass is 127. The molecule has 1 aliphatic rings. The van der Waals surface area contributed by atoms with Gasteiger partial charge in [-0.25, -0.2) is 4.99 Å². The SMILES string of the molecule is CN(C)C(=O)CN=C(NCCSc1ccccc1)NCC1(CCO)CCOC1.I. The summed E-state index contributed by atoms with van der Waals surface area (Å²) in [6.45, 7) is 2.96. The number of hydrogen-bond acceptors (Lipinski definition) is 5. The van der Waals surface area contributed by atoms with E-state index >= 15 is 0 Å². The molecule has 1 heterocycles. The quantitative estimate of drug-likeness (QED) is 0.139. The molecule has 1 amide bonds. The van der Waals surface area contributed by atoms with Crippen molar-refractivity contribution >= 4 is 47.6 Å². The predicted octanol–water partition coefficient (Wildman–Crippen LogP) is 1.81. The molecule has 0 aliphatic carbocycles. The molecule has 3 N–H and O–H groups in total. The van der Waals surface area contributed by atoms with Crippen LogP contribution < -0.4 is 10.6 Å². The van der Waals surface area contributed by atoms with E-state index in [1.165, 1.54) is 9.80 Å². The lowest BCUT2D eigenvalue weighted by Gasteiger charge is -2.27. The Morgan fingerprint density at radius 3 is 2.69 bits per heavy atom. The molecular formula is C20H33IN4O3S. The number of thioether (sulfide) groups is 1. The normalized spacial score (nSPS) is 18.8. The third-order valence-corrected chi connectivity index (χ3v) is 5.75. The van der Waals surface area contributed by atoms with E-state index < -0.39 is 0 Å². The van der Waals surface area contributed by atoms with Crippen LogP contribution in [0.15, 0.2) is 40.2 Å². The highest BCUT2D eigenvalue weighted by Crippen LogP contribution is 2.31. The number of nitrogens with zero attached hydrogens (tertiary/aromatic N) is 2. The Labute approximate surface area is 195 Å². The summed E-state index contributed by atoms with van der Waals surface area (Å²) in [7, 11) is 3.45. The first-order chi connectivity index (χ1) is 13.5. The Morgan fingerprint density at radius 1 is 1.31 bits per heavy atom. The van der Waals surface area contributed by atoms with Crippen LogP contribution in [0.25, 0.3) is 0 Å². The van der Waals surface area contributed by atoms with Crippen LogP contribution in [0, 0.1) is 5.41 Å². The zero-order chi connectivity index (χ0) is 20.2. The fourth-order valence-corrected chi connectivity index (χ4v) is 3.69. The van der Waals surface area contributed by atoms with Gasteiger partial charge in [-0.05, 0) is 25.0 Å². The molecule has 7 nitrogen and oxygen atoms in total. The number of ether oxygens (including phenoxy) is 1. The number of aliphatic hydroxyl groups is 1. The van der Waals surface area contributed by atoms with E-state index in [2.05, 4.69) is 27.8 Å². The van der Waals surface area contributed by atoms with E-state index in [9.17, 15) is 9.90 Å². The molecule has 1 saturated heterocycles. The van der Waals surface area contributed by atoms with Gasteiger partial charge < -0.3 is 25.4 Å². The third kappa shape index (κ3) is 9.54. The van der Waals surface area contributed by atoms with Crippen LogP contribution in [0.1, 0.15) is 12.8 Å². The topological polar surface area (TPSA) is 86.2 Å². The van der Waals surface area contributed by atoms with Gasteiger partial charge in [-0.3, -0.25) is 4.79 Å². The highest BCUT2D eigenvalue weighted by molar-refractivity contribution is 14.0. The van der Waals surface area contributed by atoms with E-state index in [0.29, 0.717) is 32.1 Å². The molecule has 1 aromatic rings. The lowest BCUT2D eigenvalue weighted by Crippen LogP contribution is -2.45. The third-order valence-electron chi connectivity index (χ3n) is 4.74. The fourth-order valence-electron chi connectivity index (χ4n) is 2.90. The summed E-state index contributed by atoms with van der Waals surface area (Å²) in [5.74, 6) is 1.46. The van der Waals surface area contributed by atoms with Crippen molar-refractivity contribution in [1.82, 2.24) is 15.5 Å². The number of carbonyl (C=O) groups is 1. The largest absolute Gasteiger partial charge is 0.396 e. The predicted molar refractivity (Wildman–Crippen MR) is 129 cm³/mol. The number of hydrogen-bond donors (Lipinski definition) is 3. The van der Waals surface area contributed by atoms with Crippen molar-refractivity contribution in [3.8, 4) is 0 Å². The lowest BCUT2D eigenvalue weighted by atomic mass is 9.84. The van der Waals surface area contributed by atoms with Crippen LogP contribution in [0.5, 0.6) is 0 Å². The van der Waals surface area contributed by atoms with Gasteiger partial charge in [-0.1, -0.05) is 18.2 Å². The summed E-state index contributed by atoms with van der Waals surface area (Å²) in [6, 6.07) is 10.2. The summed E-state index contributed by atoms with van der Waals surface area (Å²) >= 11 is 1.77. The number of likely N-dealkylation sites (N-methyl/N-ethyl adjacent to an activating group) is 1. The van der Waals surface area contributed by atoms with Gasteiger partial charge in [0, 0.05) is 56.5 Å². The maximum absolute atomic E-state index is 11.9. The summed E-state index contributed by atoms with van der Waals surface area (Å²) < 4.78 is 5.55. The zero-order valence-corrected chi connectivity index (χ0v) is 20.4. The summed E-state index contributed by atoms with van der Waals surface area (Å²) in [6.07, 6.45) is 1.60. The van der Waals surface area contributed by atoms with Crippen LogP contribution in [0.2, 0.25) is 0 Å². The number of guanidine groups is 1. The molecule has 9 heteroatoms. The van der Waals surface area contributed by atoms with Crippen molar-refractivity contribution in [2.45, 2.75) is 17.7 Å². The van der Waals surface area contributed by atoms with Gasteiger partial charge >= 0.3 is 0 Å². The molecule has 2 rings (SSSR count). The Kier molecular flexibility index (Phi) is 12.6. The molecule has 0 radical (unpaired) electrons. The number of benzene rings is 1. The summed E-state index contributed by atoms with van der Waals surface area (Å²) in [5, 5.41) is 16.1. The van der Waals surface area contributed by atoms with Crippen molar-refractivity contribution in [1.29, 1.82) is 0 Å². The number of amides is 1. The van der Waals surface area contributed by atoms with Crippen LogP contribution in [0.4, 0.5) is 0 Å². The number of aliphatic hydroxyl groups excluding tert-OH is 1. The van der Waals surface area contributed by atoms with Crippen LogP contribution in [0.3, 0.4) is 0 Å². The first-order valence-corrected chi connectivity index (χ1v) is 10.6. The molecule has 1 aromatic carbocycles. The maximum atomic E-state index is 11.9. The van der Waals surface area contributed by atoms with Gasteiger partial charge in [0.05, 0.1) is 6.61 Å². The molecule has 1 unspecified atom stereocenters. The average molecular weight is 536 g/mol. The molecule has 0 saturated carbocycles. The molecule has 164 valence electrons. The maximum Gasteiger partial charge on any atom is 0.243 e. The minimum Gasteiger partial charge on any atom is -0.396 e. The van der Waals surface area contributed by atoms with Crippen LogP contribution in [-0.2, 0) is 9.53 Å². The summed E-state index contributed by atoms with van der Waals surface area (Å²) in [5.41, 5.74) is -0.0818. The standard InChI is InChI=1S/C20H32N4O3S.HI/c1-24(2)18(26)14-22-19(21-10-13-28-17-6-4-3-5-7-17)23-15-20(8-11-25)9-12-27-16-20;/h3-7,25H,8-16H2,1-2H3,(H2,21,22,23);1H. The second-order valence-corrected chi connectivity index (χ2v) is 8.34. The van der Waals surface area contributed by atoms with E-state index in [1.807, 2.05) is 18.2 Å². The van der Waals surface area contributed by atoms with Gasteiger partial charge in [-0.2, -0.15) is 0 Å². The Balaban J connectivity index is 0.00000420. The molecule has 1 atom stereocenters. The number of carbonyl (C=O) groups excluding carboxylic acids is 1. The number of halogens is 1. The lowest BCUT2D eigenvalue weighted by molar-refractivity contribution is -0.127. The molecule has 0 aromatic heterocycles. The summed E-state index contributed by atoms with van der Waals surface area (Å²) in [4.78, 5) is 19.1. The minimum absolute atomic E-state index is 0. The molecule has 0 spiro atoms. The van der Waals surface area contributed by atoms with Gasteiger partial charge in [-0.15, -0.1) is 35.7 Å². The molecule has 1 fully saturated rings. The van der Waals surface area contributed by atoms with E-state index in [4.69, 9.17) is 4.74 Å². The van der Waals surface area contributed by atoms with Gasteiger partial charge in [0.2, 0.25) is 5.91 Å². The van der Waals surface area contributed by atoms with E-state index in [-0.39, 0.29) is 48.5 Å². The molecular weight excluding hydrogens is 503 g/mol. The second kappa shape index (κ2) is 14.1. The van der Waals surface area contributed by atoms with Gasteiger partial charge in [0.1, 0.15) is 6.54 Å². The van der Waals surface area contributed by atoms with Crippen molar-refractivity contribution in [2.24, 2.45) is 10.4 Å². The van der Waals surface area contributed by atoms with Crippen molar-refractivity contribution in [3.63, 3.8) is 0 Å². The van der Waals surface area contributed by atoms with E-state index in [1.54, 1.807) is 25.9 Å². The molecule has 1 aliphatic heterocycles. The van der Waals surface area contributed by atoms with Gasteiger partial charge in [0.25, 0.3) is 0 Å². The van der Waals surface area contributed by atoms with Gasteiger partial charge in [0.15, 0.2) is 5.96 Å². The Hall–Kier alpha value is -1.04. The number of aliphatic imine (C=N–C) groups is 1. The van der Waals surface area contributed by atoms with E-state index in [0.717, 1.165) is 18.7 Å². The fraction of sp³-hybridized carbons (Fsp3) is 0.600. The monoisotopic (exact) mass is 536 g/mol. The van der Waals surface area contributed by atoms with Crippen molar-refractivity contribution in [3.05, 3.63) is 30.3 Å². The van der Waals surface area contributed by atoms with Crippen molar-refractivity contribution in [2.75, 3.05) is 59.3 Å². The molecule has 29 heavy (non-hydrogen) atoms. The smallest absolute Gasteiger partial charge is 0.243 e. The zero-order valence-electron chi connectivity index (χ0n) is 17.2. The highest BCUT2D eigenvalue weighted by Gasteiger charge is 2.34. The minimum atomic E-state index is -0.0818.